The van der Waals surface area contributed by atoms with Crippen LogP contribution in [0.4, 0.5) is 11.5 Å². The maximum atomic E-state index is 6.00. The third kappa shape index (κ3) is 3.09. The molecule has 0 saturated carbocycles. The molecule has 0 fully saturated rings. The number of hydrogen-bond acceptors (Lipinski definition) is 3. The van der Waals surface area contributed by atoms with Crippen LogP contribution in [0.25, 0.3) is 0 Å². The predicted molar refractivity (Wildman–Crippen MR) is 74.2 cm³/mol. The molecule has 2 rings (SSSR count). The lowest BCUT2D eigenvalue weighted by Gasteiger charge is -2.09. The Hall–Kier alpha value is -0.840. The van der Waals surface area contributed by atoms with Crippen molar-refractivity contribution in [3.8, 4) is 0 Å². The second-order valence-electron chi connectivity index (χ2n) is 3.39. The Labute approximate surface area is 117 Å². The molecule has 0 aliphatic rings. The van der Waals surface area contributed by atoms with Crippen molar-refractivity contribution in [1.82, 2.24) is 9.97 Å². The molecule has 0 bridgehead atoms. The first-order chi connectivity index (χ1) is 8.06. The molecule has 2 aromatic rings. The van der Waals surface area contributed by atoms with E-state index in [2.05, 4.69) is 31.2 Å². The van der Waals surface area contributed by atoms with Crippen LogP contribution in [0.1, 0.15) is 5.69 Å². The maximum absolute atomic E-state index is 6.00. The topological polar surface area (TPSA) is 37.8 Å². The average molecular weight is 333 g/mol. The van der Waals surface area contributed by atoms with Crippen LogP contribution in [0.3, 0.4) is 0 Å². The molecule has 0 saturated heterocycles. The molecule has 0 atom stereocenters. The Morgan fingerprint density at radius 1 is 1.24 bits per heavy atom. The normalized spacial score (nSPS) is 10.4. The van der Waals surface area contributed by atoms with Crippen LogP contribution in [0.15, 0.2) is 28.7 Å². The molecule has 1 aromatic carbocycles. The lowest BCUT2D eigenvalue weighted by Crippen LogP contribution is -1.97. The lowest BCUT2D eigenvalue weighted by molar-refractivity contribution is 1.10. The van der Waals surface area contributed by atoms with Gasteiger partial charge in [-0.15, -0.1) is 0 Å². The summed E-state index contributed by atoms with van der Waals surface area (Å²) < 4.78 is 0.786. The fraction of sp³-hybridized carbons (Fsp3) is 0.0909. The summed E-state index contributed by atoms with van der Waals surface area (Å²) >= 11 is 15.2. The fourth-order valence-electron chi connectivity index (χ4n) is 1.33. The molecule has 88 valence electrons. The van der Waals surface area contributed by atoms with Crippen molar-refractivity contribution in [2.45, 2.75) is 6.92 Å². The van der Waals surface area contributed by atoms with E-state index in [1.54, 1.807) is 12.1 Å². The van der Waals surface area contributed by atoms with Crippen molar-refractivity contribution in [2.24, 2.45) is 0 Å². The molecule has 1 aromatic heterocycles. The largest absolute Gasteiger partial charge is 0.339 e. The Kier molecular flexibility index (Phi) is 3.86. The summed E-state index contributed by atoms with van der Waals surface area (Å²) in [5.74, 6) is 0.630. The summed E-state index contributed by atoms with van der Waals surface area (Å²) in [6, 6.07) is 7.35. The second kappa shape index (κ2) is 5.21. The van der Waals surface area contributed by atoms with Gasteiger partial charge in [0.05, 0.1) is 15.2 Å². The fourth-order valence-corrected chi connectivity index (χ4v) is 2.10. The van der Waals surface area contributed by atoms with Crippen molar-refractivity contribution in [3.63, 3.8) is 0 Å². The number of nitrogens with zero attached hydrogens (tertiary/aromatic N) is 2. The van der Waals surface area contributed by atoms with E-state index < -0.39 is 0 Å². The molecule has 0 spiro atoms. The maximum Gasteiger partial charge on any atom is 0.224 e. The third-order valence-electron chi connectivity index (χ3n) is 2.04. The number of rotatable bonds is 2. The molecule has 0 aliphatic heterocycles. The van der Waals surface area contributed by atoms with Gasteiger partial charge in [-0.2, -0.15) is 0 Å². The Morgan fingerprint density at radius 2 is 2.00 bits per heavy atom. The van der Waals surface area contributed by atoms with Gasteiger partial charge in [0, 0.05) is 11.8 Å². The monoisotopic (exact) mass is 331 g/mol. The molecule has 1 N–H and O–H groups in total. The van der Waals surface area contributed by atoms with Crippen LogP contribution in [0.5, 0.6) is 0 Å². The van der Waals surface area contributed by atoms with Crippen LogP contribution in [0.2, 0.25) is 10.3 Å². The minimum Gasteiger partial charge on any atom is -0.339 e. The number of aromatic nitrogens is 2. The zero-order chi connectivity index (χ0) is 12.4. The third-order valence-corrected chi connectivity index (χ3v) is 3.61. The molecular formula is C11H8BrCl2N3. The van der Waals surface area contributed by atoms with Gasteiger partial charge in [-0.1, -0.05) is 17.7 Å². The van der Waals surface area contributed by atoms with Crippen molar-refractivity contribution in [1.29, 1.82) is 0 Å². The molecule has 1 heterocycles. The van der Waals surface area contributed by atoms with E-state index in [1.165, 1.54) is 0 Å². The number of nitrogens with one attached hydrogen (secondary N) is 1. The molecule has 17 heavy (non-hydrogen) atoms. The number of aryl methyl sites for hydroxylation is 1. The van der Waals surface area contributed by atoms with Crippen LogP contribution >= 0.6 is 39.1 Å². The number of anilines is 2. The zero-order valence-corrected chi connectivity index (χ0v) is 11.9. The summed E-state index contributed by atoms with van der Waals surface area (Å²) in [6.45, 7) is 1.85. The summed E-state index contributed by atoms with van der Waals surface area (Å²) in [5, 5.41) is 3.97. The number of halogens is 3. The van der Waals surface area contributed by atoms with Crippen LogP contribution in [-0.4, -0.2) is 9.97 Å². The van der Waals surface area contributed by atoms with Crippen molar-refractivity contribution < 1.29 is 0 Å². The predicted octanol–water partition coefficient (Wildman–Crippen LogP) is 4.60. The van der Waals surface area contributed by atoms with Crippen molar-refractivity contribution in [3.05, 3.63) is 44.7 Å². The van der Waals surface area contributed by atoms with Gasteiger partial charge < -0.3 is 5.32 Å². The Bertz CT molecular complexity index is 540. The summed E-state index contributed by atoms with van der Waals surface area (Å²) in [7, 11) is 0. The first-order valence-corrected chi connectivity index (χ1v) is 6.33. The second-order valence-corrected chi connectivity index (χ2v) is 4.93. The minimum atomic E-state index is 0.214. The van der Waals surface area contributed by atoms with Gasteiger partial charge in [-0.25, -0.2) is 9.97 Å². The van der Waals surface area contributed by atoms with Gasteiger partial charge in [0.25, 0.3) is 0 Å². The van der Waals surface area contributed by atoms with E-state index in [4.69, 9.17) is 23.2 Å². The minimum absolute atomic E-state index is 0.214. The highest BCUT2D eigenvalue weighted by Gasteiger charge is 2.06. The van der Waals surface area contributed by atoms with Gasteiger partial charge >= 0.3 is 0 Å². The summed E-state index contributed by atoms with van der Waals surface area (Å²) in [5.41, 5.74) is 1.62. The van der Waals surface area contributed by atoms with E-state index in [9.17, 15) is 0 Å². The van der Waals surface area contributed by atoms with Crippen LogP contribution < -0.4 is 5.32 Å². The zero-order valence-electron chi connectivity index (χ0n) is 8.84. The van der Waals surface area contributed by atoms with E-state index in [-0.39, 0.29) is 5.28 Å². The molecule has 0 radical (unpaired) electrons. The standard InChI is InChI=1S/C11H8BrCl2N3/c1-6-5-9(17-11(14)15-6)16-8-4-2-3-7(13)10(8)12/h2-5H,1H3,(H,15,16,17). The number of benzene rings is 1. The average Bonchev–Trinajstić information content (AvgIpc) is 2.23. The molecule has 0 amide bonds. The van der Waals surface area contributed by atoms with E-state index in [0.717, 1.165) is 15.9 Å². The van der Waals surface area contributed by atoms with Gasteiger partial charge in [0.1, 0.15) is 5.82 Å². The summed E-state index contributed by atoms with van der Waals surface area (Å²) in [6.07, 6.45) is 0. The molecular weight excluding hydrogens is 325 g/mol. The molecule has 3 nitrogen and oxygen atoms in total. The molecule has 6 heteroatoms. The first-order valence-electron chi connectivity index (χ1n) is 4.78. The van der Waals surface area contributed by atoms with Gasteiger partial charge in [-0.05, 0) is 46.6 Å². The quantitative estimate of drug-likeness (QED) is 0.817. The Balaban J connectivity index is 2.34. The van der Waals surface area contributed by atoms with Gasteiger partial charge in [0.15, 0.2) is 0 Å². The summed E-state index contributed by atoms with van der Waals surface area (Å²) in [4.78, 5) is 8.07. The highest BCUT2D eigenvalue weighted by atomic mass is 79.9. The number of hydrogen-bond donors (Lipinski definition) is 1. The highest BCUT2D eigenvalue weighted by molar-refractivity contribution is 9.10. The molecule has 0 unspecified atom stereocenters. The van der Waals surface area contributed by atoms with Gasteiger partial charge in [-0.3, -0.25) is 0 Å². The smallest absolute Gasteiger partial charge is 0.224 e. The first kappa shape index (κ1) is 12.6. The molecule has 0 aliphatic carbocycles. The van der Waals surface area contributed by atoms with E-state index >= 15 is 0 Å². The van der Waals surface area contributed by atoms with Crippen molar-refractivity contribution in [2.75, 3.05) is 5.32 Å². The highest BCUT2D eigenvalue weighted by Crippen LogP contribution is 2.31. The van der Waals surface area contributed by atoms with Crippen LogP contribution in [-0.2, 0) is 0 Å². The Morgan fingerprint density at radius 3 is 2.71 bits per heavy atom. The van der Waals surface area contributed by atoms with E-state index in [0.29, 0.717) is 10.8 Å². The van der Waals surface area contributed by atoms with Crippen molar-refractivity contribution >= 4 is 50.6 Å². The van der Waals surface area contributed by atoms with Crippen LogP contribution in [0, 0.1) is 6.92 Å². The van der Waals surface area contributed by atoms with Gasteiger partial charge in [0.2, 0.25) is 5.28 Å². The SMILES string of the molecule is Cc1cc(Nc2cccc(Cl)c2Br)nc(Cl)n1. The van der Waals surface area contributed by atoms with E-state index in [1.807, 2.05) is 19.1 Å². The lowest BCUT2D eigenvalue weighted by atomic mass is 10.3.